The summed E-state index contributed by atoms with van der Waals surface area (Å²) in [5.74, 6) is 0.391. The number of rotatable bonds is 6. The number of nitrogens with zero attached hydrogens (tertiary/aromatic N) is 1. The molecular weight excluding hydrogens is 174 g/mol. The fraction of sp³-hybridized carbons (Fsp3) is 0.917. The number of Topliss-reactive ketones (excluding diaryl/α,β-unsaturated/α-hetero) is 1. The van der Waals surface area contributed by atoms with Gasteiger partial charge in [0.1, 0.15) is 5.78 Å². The second kappa shape index (κ2) is 6.18. The number of unbranched alkanes of at least 4 members (excludes halogenated alkanes) is 2. The Balaban J connectivity index is 3.42. The average molecular weight is 199 g/mol. The molecule has 0 atom stereocenters. The maximum absolute atomic E-state index is 11.6. The number of ketones is 1. The van der Waals surface area contributed by atoms with E-state index in [0.29, 0.717) is 5.78 Å². The van der Waals surface area contributed by atoms with Gasteiger partial charge in [-0.15, -0.1) is 0 Å². The van der Waals surface area contributed by atoms with E-state index in [1.54, 1.807) is 0 Å². The van der Waals surface area contributed by atoms with Crippen molar-refractivity contribution >= 4 is 5.78 Å². The Hall–Kier alpha value is -0.370. The zero-order valence-corrected chi connectivity index (χ0v) is 10.4. The summed E-state index contributed by atoms with van der Waals surface area (Å²) in [6.45, 7) is 7.11. The number of hydrogen-bond acceptors (Lipinski definition) is 2. The zero-order chi connectivity index (χ0) is 11.2. The highest BCUT2D eigenvalue weighted by atomic mass is 16.1. The molecule has 0 bridgehead atoms. The highest BCUT2D eigenvalue weighted by molar-refractivity contribution is 5.83. The van der Waals surface area contributed by atoms with Gasteiger partial charge in [0.2, 0.25) is 0 Å². The van der Waals surface area contributed by atoms with Crippen molar-refractivity contribution in [1.29, 1.82) is 0 Å². The van der Waals surface area contributed by atoms with Crippen LogP contribution in [0.2, 0.25) is 0 Å². The largest absolute Gasteiger partial charge is 0.309 e. The lowest BCUT2D eigenvalue weighted by Crippen LogP contribution is -2.19. The summed E-state index contributed by atoms with van der Waals surface area (Å²) in [6.07, 6.45) is 4.16. The highest BCUT2D eigenvalue weighted by Gasteiger charge is 2.19. The van der Waals surface area contributed by atoms with Gasteiger partial charge in [-0.2, -0.15) is 0 Å². The van der Waals surface area contributed by atoms with Gasteiger partial charge in [-0.3, -0.25) is 4.79 Å². The molecule has 0 aromatic heterocycles. The molecule has 0 saturated heterocycles. The second-order valence-electron chi connectivity index (χ2n) is 5.29. The van der Waals surface area contributed by atoms with Gasteiger partial charge in [0.25, 0.3) is 0 Å². The van der Waals surface area contributed by atoms with E-state index >= 15 is 0 Å². The third-order valence-electron chi connectivity index (χ3n) is 2.35. The standard InChI is InChI=1S/C12H25NO/c1-12(2,3)11(14)9-7-6-8-10-13(4)5/h6-10H2,1-5H3. The molecule has 2 nitrogen and oxygen atoms in total. The van der Waals surface area contributed by atoms with E-state index < -0.39 is 0 Å². The van der Waals surface area contributed by atoms with Gasteiger partial charge in [0.15, 0.2) is 0 Å². The molecule has 0 aromatic carbocycles. The first-order valence-electron chi connectivity index (χ1n) is 5.52. The minimum absolute atomic E-state index is 0.151. The van der Waals surface area contributed by atoms with E-state index in [-0.39, 0.29) is 5.41 Å². The Labute approximate surface area is 88.7 Å². The molecule has 0 aliphatic heterocycles. The molecule has 84 valence electrons. The maximum Gasteiger partial charge on any atom is 0.138 e. The van der Waals surface area contributed by atoms with Crippen molar-refractivity contribution in [3.05, 3.63) is 0 Å². The van der Waals surface area contributed by atoms with E-state index in [0.717, 1.165) is 19.4 Å². The van der Waals surface area contributed by atoms with Crippen molar-refractivity contribution in [2.24, 2.45) is 5.41 Å². The van der Waals surface area contributed by atoms with Crippen LogP contribution in [0.4, 0.5) is 0 Å². The first-order valence-corrected chi connectivity index (χ1v) is 5.52. The Morgan fingerprint density at radius 3 is 2.07 bits per heavy atom. The van der Waals surface area contributed by atoms with E-state index in [4.69, 9.17) is 0 Å². The van der Waals surface area contributed by atoms with E-state index in [1.165, 1.54) is 12.8 Å². The van der Waals surface area contributed by atoms with Gasteiger partial charge in [0.05, 0.1) is 0 Å². The fourth-order valence-corrected chi connectivity index (χ4v) is 1.27. The molecule has 0 N–H and O–H groups in total. The van der Waals surface area contributed by atoms with Gasteiger partial charge >= 0.3 is 0 Å². The first-order chi connectivity index (χ1) is 6.34. The fourth-order valence-electron chi connectivity index (χ4n) is 1.27. The minimum atomic E-state index is -0.151. The molecule has 0 aliphatic rings. The third-order valence-corrected chi connectivity index (χ3v) is 2.35. The van der Waals surface area contributed by atoms with Crippen molar-refractivity contribution in [1.82, 2.24) is 4.90 Å². The first kappa shape index (κ1) is 13.6. The van der Waals surface area contributed by atoms with Crippen LogP contribution in [0.1, 0.15) is 46.5 Å². The van der Waals surface area contributed by atoms with Crippen LogP contribution in [-0.4, -0.2) is 31.3 Å². The van der Waals surface area contributed by atoms with Crippen LogP contribution in [0.15, 0.2) is 0 Å². The maximum atomic E-state index is 11.6. The van der Waals surface area contributed by atoms with Crippen LogP contribution in [0, 0.1) is 5.41 Å². The molecule has 0 fully saturated rings. The summed E-state index contributed by atoms with van der Waals surface area (Å²) in [5.41, 5.74) is -0.151. The van der Waals surface area contributed by atoms with Crippen LogP contribution in [-0.2, 0) is 4.79 Å². The summed E-state index contributed by atoms with van der Waals surface area (Å²) in [5, 5.41) is 0. The van der Waals surface area contributed by atoms with Crippen LogP contribution in [0.25, 0.3) is 0 Å². The van der Waals surface area contributed by atoms with E-state index in [2.05, 4.69) is 19.0 Å². The minimum Gasteiger partial charge on any atom is -0.309 e. The van der Waals surface area contributed by atoms with Gasteiger partial charge in [-0.05, 0) is 33.5 Å². The van der Waals surface area contributed by atoms with Crippen LogP contribution in [0.3, 0.4) is 0 Å². The summed E-state index contributed by atoms with van der Waals surface area (Å²) < 4.78 is 0. The molecule has 0 aromatic rings. The summed E-state index contributed by atoms with van der Waals surface area (Å²) in [6, 6.07) is 0. The molecule has 0 unspecified atom stereocenters. The smallest absolute Gasteiger partial charge is 0.138 e. The number of carbonyl (C=O) groups is 1. The van der Waals surface area contributed by atoms with Crippen molar-refractivity contribution in [2.45, 2.75) is 46.5 Å². The normalized spacial score (nSPS) is 12.1. The quantitative estimate of drug-likeness (QED) is 0.613. The highest BCUT2D eigenvalue weighted by Crippen LogP contribution is 2.18. The molecule has 0 radical (unpaired) electrons. The molecule has 0 amide bonds. The predicted molar refractivity (Wildman–Crippen MR) is 61.5 cm³/mol. The summed E-state index contributed by atoms with van der Waals surface area (Å²) in [7, 11) is 4.17. The summed E-state index contributed by atoms with van der Waals surface area (Å²) in [4.78, 5) is 13.7. The second-order valence-corrected chi connectivity index (χ2v) is 5.29. The molecule has 14 heavy (non-hydrogen) atoms. The molecular formula is C12H25NO. The van der Waals surface area contributed by atoms with Crippen molar-refractivity contribution in [2.75, 3.05) is 20.6 Å². The SMILES string of the molecule is CN(C)CCCCCC(=O)C(C)(C)C. The molecule has 0 spiro atoms. The zero-order valence-electron chi connectivity index (χ0n) is 10.4. The van der Waals surface area contributed by atoms with Crippen LogP contribution >= 0.6 is 0 Å². The monoisotopic (exact) mass is 199 g/mol. The topological polar surface area (TPSA) is 20.3 Å². The van der Waals surface area contributed by atoms with Crippen LogP contribution < -0.4 is 0 Å². The van der Waals surface area contributed by atoms with E-state index in [1.807, 2.05) is 20.8 Å². The molecule has 2 heteroatoms. The Morgan fingerprint density at radius 2 is 1.64 bits per heavy atom. The van der Waals surface area contributed by atoms with E-state index in [9.17, 15) is 4.79 Å². The molecule has 0 aliphatic carbocycles. The number of hydrogen-bond donors (Lipinski definition) is 0. The lowest BCUT2D eigenvalue weighted by atomic mass is 9.88. The van der Waals surface area contributed by atoms with Crippen LogP contribution in [0.5, 0.6) is 0 Å². The molecule has 0 rings (SSSR count). The summed E-state index contributed by atoms with van der Waals surface area (Å²) >= 11 is 0. The van der Waals surface area contributed by atoms with Gasteiger partial charge in [-0.25, -0.2) is 0 Å². The van der Waals surface area contributed by atoms with Gasteiger partial charge < -0.3 is 4.90 Å². The number of carbonyl (C=O) groups excluding carboxylic acids is 1. The average Bonchev–Trinajstić information content (AvgIpc) is 2.01. The van der Waals surface area contributed by atoms with Gasteiger partial charge in [0, 0.05) is 11.8 Å². The Morgan fingerprint density at radius 1 is 1.07 bits per heavy atom. The molecule has 0 saturated carbocycles. The Bertz CT molecular complexity index is 168. The van der Waals surface area contributed by atoms with Crippen molar-refractivity contribution in [3.63, 3.8) is 0 Å². The lowest BCUT2D eigenvalue weighted by Gasteiger charge is -2.16. The third kappa shape index (κ3) is 7.07. The lowest BCUT2D eigenvalue weighted by molar-refractivity contribution is -0.126. The van der Waals surface area contributed by atoms with Gasteiger partial charge in [-0.1, -0.05) is 27.2 Å². The predicted octanol–water partition coefficient (Wildman–Crippen LogP) is 2.72. The Kier molecular flexibility index (Phi) is 6.01. The van der Waals surface area contributed by atoms with Crippen molar-refractivity contribution < 1.29 is 4.79 Å². The molecule has 0 heterocycles. The van der Waals surface area contributed by atoms with Crippen molar-refractivity contribution in [3.8, 4) is 0 Å².